The molecule has 0 aromatic heterocycles. The number of amides is 1. The molecule has 0 spiro atoms. The molecule has 2 aliphatic rings. The normalized spacial score (nSPS) is 16.8. The highest BCUT2D eigenvalue weighted by molar-refractivity contribution is 5.72. The number of anilines is 1. The van der Waals surface area contributed by atoms with Crippen LogP contribution >= 0.6 is 0 Å². The summed E-state index contributed by atoms with van der Waals surface area (Å²) in [7, 11) is 0. The number of phenols is 1. The van der Waals surface area contributed by atoms with Gasteiger partial charge in [0.2, 0.25) is 0 Å². The number of allylic oxidation sites excluding steroid dienone is 2. The second-order valence-electron chi connectivity index (χ2n) is 6.77. The van der Waals surface area contributed by atoms with E-state index in [1.54, 1.807) is 6.07 Å². The molecular weight excluding hydrogens is 328 g/mol. The Morgan fingerprint density at radius 2 is 2.08 bits per heavy atom. The number of phenolic OH excluding ortho intramolecular Hbond substituents is 1. The van der Waals surface area contributed by atoms with Crippen molar-refractivity contribution in [3.05, 3.63) is 53.6 Å². The van der Waals surface area contributed by atoms with E-state index < -0.39 is 6.09 Å². The summed E-state index contributed by atoms with van der Waals surface area (Å²) < 4.78 is 0. The van der Waals surface area contributed by atoms with Crippen LogP contribution in [0.3, 0.4) is 0 Å². The van der Waals surface area contributed by atoms with Gasteiger partial charge in [-0.1, -0.05) is 30.4 Å². The van der Waals surface area contributed by atoms with Gasteiger partial charge in [-0.05, 0) is 55.4 Å². The van der Waals surface area contributed by atoms with Gasteiger partial charge in [0, 0.05) is 24.8 Å². The average molecular weight is 354 g/mol. The molecule has 1 aliphatic carbocycles. The number of hydrogen-bond acceptors (Lipinski definition) is 3. The fourth-order valence-corrected chi connectivity index (χ4v) is 3.58. The van der Waals surface area contributed by atoms with Crippen molar-refractivity contribution < 1.29 is 15.0 Å². The second kappa shape index (κ2) is 8.61. The Morgan fingerprint density at radius 3 is 2.85 bits per heavy atom. The van der Waals surface area contributed by atoms with Gasteiger partial charge >= 0.3 is 6.09 Å². The molecule has 5 nitrogen and oxygen atoms in total. The Kier molecular flexibility index (Phi) is 6.00. The largest absolute Gasteiger partial charge is 0.508 e. The first-order valence-corrected chi connectivity index (χ1v) is 9.24. The van der Waals surface area contributed by atoms with Crippen LogP contribution in [0.1, 0.15) is 37.7 Å². The number of nitrogens with zero attached hydrogens (tertiary/aromatic N) is 1. The molecule has 1 aromatic carbocycles. The topological polar surface area (TPSA) is 72.8 Å². The van der Waals surface area contributed by atoms with Crippen molar-refractivity contribution in [3.8, 4) is 5.75 Å². The van der Waals surface area contributed by atoms with Gasteiger partial charge in [-0.15, -0.1) is 0 Å². The van der Waals surface area contributed by atoms with Crippen molar-refractivity contribution in [2.24, 2.45) is 0 Å². The van der Waals surface area contributed by atoms with E-state index in [0.29, 0.717) is 0 Å². The summed E-state index contributed by atoms with van der Waals surface area (Å²) in [4.78, 5) is 13.4. The van der Waals surface area contributed by atoms with Crippen LogP contribution in [-0.2, 0) is 0 Å². The molecule has 1 aliphatic heterocycles. The average Bonchev–Trinajstić information content (AvgIpc) is 2.65. The molecule has 3 rings (SSSR count). The van der Waals surface area contributed by atoms with Crippen LogP contribution in [0.25, 0.3) is 6.08 Å². The number of benzene rings is 1. The first-order chi connectivity index (χ1) is 12.6. The van der Waals surface area contributed by atoms with Gasteiger partial charge in [0.1, 0.15) is 5.75 Å². The van der Waals surface area contributed by atoms with E-state index in [1.807, 2.05) is 18.2 Å². The minimum absolute atomic E-state index is 0.137. The molecule has 5 heteroatoms. The van der Waals surface area contributed by atoms with Gasteiger partial charge in [0.25, 0.3) is 0 Å². The fraction of sp³-hybridized carbons (Fsp3) is 0.381. The van der Waals surface area contributed by atoms with Gasteiger partial charge in [-0.25, -0.2) is 4.79 Å². The Bertz CT molecular complexity index is 737. The lowest BCUT2D eigenvalue weighted by molar-refractivity contribution is 0.191. The Labute approximate surface area is 154 Å². The van der Waals surface area contributed by atoms with Crippen molar-refractivity contribution in [1.29, 1.82) is 0 Å². The molecular formula is C21H26N2O3. The van der Waals surface area contributed by atoms with Crippen LogP contribution in [0.4, 0.5) is 10.5 Å². The minimum Gasteiger partial charge on any atom is -0.508 e. The van der Waals surface area contributed by atoms with Crippen molar-refractivity contribution in [2.75, 3.05) is 18.0 Å². The summed E-state index contributed by atoms with van der Waals surface area (Å²) in [5.41, 5.74) is 3.26. The first kappa shape index (κ1) is 18.1. The third-order valence-electron chi connectivity index (χ3n) is 4.87. The smallest absolute Gasteiger partial charge is 0.405 e. The molecule has 0 saturated carbocycles. The van der Waals surface area contributed by atoms with Crippen molar-refractivity contribution in [3.63, 3.8) is 0 Å². The van der Waals surface area contributed by atoms with Crippen LogP contribution in [0.5, 0.6) is 5.75 Å². The first-order valence-electron chi connectivity index (χ1n) is 9.24. The lowest BCUT2D eigenvalue weighted by Crippen LogP contribution is -2.35. The molecule has 0 saturated heterocycles. The van der Waals surface area contributed by atoms with Gasteiger partial charge < -0.3 is 20.4 Å². The van der Waals surface area contributed by atoms with E-state index in [2.05, 4.69) is 34.5 Å². The van der Waals surface area contributed by atoms with E-state index in [4.69, 9.17) is 5.11 Å². The number of rotatable bonds is 7. The maximum absolute atomic E-state index is 11.1. The maximum atomic E-state index is 11.1. The summed E-state index contributed by atoms with van der Waals surface area (Å²) >= 11 is 0. The summed E-state index contributed by atoms with van der Waals surface area (Å²) in [5.74, 6) is 0.283. The van der Waals surface area contributed by atoms with Crippen molar-refractivity contribution >= 4 is 17.9 Å². The van der Waals surface area contributed by atoms with Crippen LogP contribution in [-0.4, -0.2) is 35.4 Å². The number of unbranched alkanes of at least 4 members (excludes halogenated alkanes) is 1. The highest BCUT2D eigenvalue weighted by atomic mass is 16.4. The highest BCUT2D eigenvalue weighted by Gasteiger charge is 2.17. The molecule has 1 atom stereocenters. The lowest BCUT2D eigenvalue weighted by atomic mass is 9.96. The molecule has 26 heavy (non-hydrogen) atoms. The standard InChI is InChI=1S/C21H26N2O3/c24-18-12-11-17-9-6-14-23(20(17)15-18)13-5-4-10-19(22-21(25)26)16-7-2-1-3-8-16/h2,6-9,11-12,15,19,22,24H,1,3-5,10,13-14H2,(H,25,26). The molecule has 1 amide bonds. The fourth-order valence-electron chi connectivity index (χ4n) is 3.58. The number of nitrogens with one attached hydrogen (secondary N) is 1. The lowest BCUT2D eigenvalue weighted by Gasteiger charge is -2.28. The van der Waals surface area contributed by atoms with Crippen LogP contribution in [0.15, 0.2) is 48.1 Å². The molecule has 138 valence electrons. The van der Waals surface area contributed by atoms with E-state index in [0.717, 1.165) is 62.0 Å². The third-order valence-corrected chi connectivity index (χ3v) is 4.87. The molecule has 3 N–H and O–H groups in total. The third kappa shape index (κ3) is 4.69. The summed E-state index contributed by atoms with van der Waals surface area (Å²) in [6, 6.07) is 5.31. The number of hydrogen-bond donors (Lipinski definition) is 3. The zero-order valence-electron chi connectivity index (χ0n) is 14.9. The highest BCUT2D eigenvalue weighted by Crippen LogP contribution is 2.30. The maximum Gasteiger partial charge on any atom is 0.405 e. The number of carboxylic acid groups (broad SMARTS) is 1. The van der Waals surface area contributed by atoms with Gasteiger partial charge in [0.05, 0.1) is 6.04 Å². The molecule has 1 aromatic rings. The van der Waals surface area contributed by atoms with Gasteiger partial charge in [-0.3, -0.25) is 0 Å². The van der Waals surface area contributed by atoms with Crippen LogP contribution < -0.4 is 10.2 Å². The predicted octanol–water partition coefficient (Wildman–Crippen LogP) is 4.31. The zero-order chi connectivity index (χ0) is 18.4. The number of carbonyl (C=O) groups is 1. The molecule has 0 bridgehead atoms. The zero-order valence-corrected chi connectivity index (χ0v) is 14.9. The SMILES string of the molecule is O=C(O)NC(CCCCN1CC=Cc2ccc(O)cc21)C1=CCCC=C1. The Hall–Kier alpha value is -2.69. The van der Waals surface area contributed by atoms with Gasteiger partial charge in [-0.2, -0.15) is 0 Å². The van der Waals surface area contributed by atoms with Crippen molar-refractivity contribution in [2.45, 2.75) is 38.1 Å². The predicted molar refractivity (Wildman–Crippen MR) is 105 cm³/mol. The summed E-state index contributed by atoms with van der Waals surface area (Å²) in [6.07, 6.45) is 14.2. The second-order valence-corrected chi connectivity index (χ2v) is 6.77. The summed E-state index contributed by atoms with van der Waals surface area (Å²) in [6.45, 7) is 1.72. The minimum atomic E-state index is -0.972. The molecule has 0 radical (unpaired) electrons. The summed E-state index contributed by atoms with van der Waals surface area (Å²) in [5, 5.41) is 21.5. The van der Waals surface area contributed by atoms with E-state index in [1.165, 1.54) is 0 Å². The van der Waals surface area contributed by atoms with Crippen LogP contribution in [0, 0.1) is 0 Å². The molecule has 1 unspecified atom stereocenters. The molecule has 0 fully saturated rings. The van der Waals surface area contributed by atoms with E-state index >= 15 is 0 Å². The Balaban J connectivity index is 1.53. The number of aromatic hydroxyl groups is 1. The monoisotopic (exact) mass is 354 g/mol. The van der Waals surface area contributed by atoms with E-state index in [9.17, 15) is 9.90 Å². The van der Waals surface area contributed by atoms with Gasteiger partial charge in [0.15, 0.2) is 0 Å². The Morgan fingerprint density at radius 1 is 1.19 bits per heavy atom. The van der Waals surface area contributed by atoms with Crippen LogP contribution in [0.2, 0.25) is 0 Å². The van der Waals surface area contributed by atoms with E-state index in [-0.39, 0.29) is 11.8 Å². The van der Waals surface area contributed by atoms with Crippen molar-refractivity contribution in [1.82, 2.24) is 5.32 Å². The number of fused-ring (bicyclic) bond motifs is 1. The molecule has 1 heterocycles. The quantitative estimate of drug-likeness (QED) is 0.638.